The van der Waals surface area contributed by atoms with Gasteiger partial charge in [-0.3, -0.25) is 13.9 Å². The van der Waals surface area contributed by atoms with Crippen LogP contribution >= 0.6 is 0 Å². The van der Waals surface area contributed by atoms with Crippen molar-refractivity contribution in [3.63, 3.8) is 0 Å². The van der Waals surface area contributed by atoms with E-state index in [0.29, 0.717) is 18.7 Å². The summed E-state index contributed by atoms with van der Waals surface area (Å²) in [6.07, 6.45) is 1.16. The van der Waals surface area contributed by atoms with Crippen molar-refractivity contribution in [2.75, 3.05) is 17.4 Å². The predicted molar refractivity (Wildman–Crippen MR) is 151 cm³/mol. The first-order valence-electron chi connectivity index (χ1n) is 12.9. The van der Waals surface area contributed by atoms with Gasteiger partial charge in [0.1, 0.15) is 12.6 Å². The number of amides is 2. The molecule has 3 aromatic rings. The van der Waals surface area contributed by atoms with Crippen molar-refractivity contribution in [3.8, 4) is 0 Å². The fourth-order valence-electron chi connectivity index (χ4n) is 4.19. The fraction of sp³-hybridized carbons (Fsp3) is 0.333. The zero-order valence-electron chi connectivity index (χ0n) is 22.6. The normalized spacial score (nSPS) is 12.0. The third-order valence-corrected chi connectivity index (χ3v) is 8.31. The Bertz CT molecular complexity index is 1330. The number of nitrogens with zero attached hydrogens (tertiary/aromatic N) is 2. The number of carbonyl (C=O) groups is 2. The molecule has 0 fully saturated rings. The molecule has 38 heavy (non-hydrogen) atoms. The Morgan fingerprint density at radius 1 is 0.868 bits per heavy atom. The first-order chi connectivity index (χ1) is 18.2. The Balaban J connectivity index is 2.05. The number of anilines is 1. The highest BCUT2D eigenvalue weighted by molar-refractivity contribution is 7.92. The Morgan fingerprint density at radius 3 is 2.08 bits per heavy atom. The molecule has 3 rings (SSSR count). The first-order valence-corrected chi connectivity index (χ1v) is 14.4. The minimum atomic E-state index is -4.07. The third-order valence-electron chi connectivity index (χ3n) is 6.52. The lowest BCUT2D eigenvalue weighted by atomic mass is 10.1. The molecule has 1 unspecified atom stereocenters. The lowest BCUT2D eigenvalue weighted by molar-refractivity contribution is -0.140. The minimum Gasteiger partial charge on any atom is -0.354 e. The quantitative estimate of drug-likeness (QED) is 0.360. The second-order valence-corrected chi connectivity index (χ2v) is 11.2. The molecule has 0 heterocycles. The first kappa shape index (κ1) is 28.9. The Hall–Kier alpha value is -3.65. The Labute approximate surface area is 226 Å². The maximum Gasteiger partial charge on any atom is 0.264 e. The van der Waals surface area contributed by atoms with Crippen LogP contribution in [0.15, 0.2) is 83.8 Å². The number of rotatable bonds is 12. The Morgan fingerprint density at radius 2 is 1.50 bits per heavy atom. The highest BCUT2D eigenvalue weighted by atomic mass is 32.2. The summed E-state index contributed by atoms with van der Waals surface area (Å²) in [7, 11) is -4.07. The van der Waals surface area contributed by atoms with Crippen LogP contribution in [-0.2, 0) is 26.2 Å². The van der Waals surface area contributed by atoms with Crippen LogP contribution in [0.1, 0.15) is 43.4 Å². The van der Waals surface area contributed by atoms with Crippen molar-refractivity contribution in [2.45, 2.75) is 58.0 Å². The number of sulfonamides is 1. The van der Waals surface area contributed by atoms with Gasteiger partial charge < -0.3 is 10.2 Å². The van der Waals surface area contributed by atoms with Crippen LogP contribution < -0.4 is 9.62 Å². The molecule has 0 saturated carbocycles. The van der Waals surface area contributed by atoms with Gasteiger partial charge in [0, 0.05) is 13.1 Å². The average molecular weight is 536 g/mol. The van der Waals surface area contributed by atoms with Crippen molar-refractivity contribution in [3.05, 3.63) is 95.6 Å². The molecule has 1 atom stereocenters. The van der Waals surface area contributed by atoms with Crippen LogP contribution in [-0.4, -0.2) is 44.3 Å². The molecular formula is C30H37N3O4S. The van der Waals surface area contributed by atoms with Crippen LogP contribution in [0.3, 0.4) is 0 Å². The van der Waals surface area contributed by atoms with Crippen LogP contribution in [0.25, 0.3) is 0 Å². The molecule has 0 saturated heterocycles. The summed E-state index contributed by atoms with van der Waals surface area (Å²) in [4.78, 5) is 28.7. The van der Waals surface area contributed by atoms with Crippen molar-refractivity contribution >= 4 is 27.5 Å². The van der Waals surface area contributed by atoms with Crippen molar-refractivity contribution in [2.24, 2.45) is 0 Å². The van der Waals surface area contributed by atoms with E-state index in [4.69, 9.17) is 0 Å². The number of aryl methyl sites for hydroxylation is 2. The largest absolute Gasteiger partial charge is 0.354 e. The summed E-state index contributed by atoms with van der Waals surface area (Å²) in [6, 6.07) is 22.1. The maximum absolute atomic E-state index is 14.0. The summed E-state index contributed by atoms with van der Waals surface area (Å²) in [5.41, 5.74) is 3.18. The van der Waals surface area contributed by atoms with Gasteiger partial charge in [-0.2, -0.15) is 0 Å². The molecule has 0 bridgehead atoms. The number of carbonyl (C=O) groups excluding carboxylic acids is 2. The van der Waals surface area contributed by atoms with Gasteiger partial charge in [0.25, 0.3) is 10.0 Å². The van der Waals surface area contributed by atoms with E-state index < -0.39 is 28.5 Å². The topological polar surface area (TPSA) is 86.8 Å². The van der Waals surface area contributed by atoms with Crippen LogP contribution in [0.4, 0.5) is 5.69 Å². The van der Waals surface area contributed by atoms with Gasteiger partial charge in [-0.1, -0.05) is 68.4 Å². The van der Waals surface area contributed by atoms with Gasteiger partial charge in [-0.15, -0.1) is 0 Å². The van der Waals surface area contributed by atoms with E-state index in [1.165, 1.54) is 17.0 Å². The van der Waals surface area contributed by atoms with Gasteiger partial charge in [-0.05, 0) is 67.6 Å². The van der Waals surface area contributed by atoms with Gasteiger partial charge in [-0.25, -0.2) is 8.42 Å². The molecule has 202 valence electrons. The van der Waals surface area contributed by atoms with Crippen molar-refractivity contribution in [1.29, 1.82) is 0 Å². The maximum atomic E-state index is 14.0. The zero-order valence-corrected chi connectivity index (χ0v) is 23.4. The van der Waals surface area contributed by atoms with E-state index in [2.05, 4.69) is 5.32 Å². The third kappa shape index (κ3) is 7.01. The van der Waals surface area contributed by atoms with E-state index in [9.17, 15) is 18.0 Å². The molecular weight excluding hydrogens is 498 g/mol. The second kappa shape index (κ2) is 13.2. The van der Waals surface area contributed by atoms with Gasteiger partial charge >= 0.3 is 0 Å². The minimum absolute atomic E-state index is 0.0911. The lowest BCUT2D eigenvalue weighted by Gasteiger charge is -2.33. The second-order valence-electron chi connectivity index (χ2n) is 9.32. The summed E-state index contributed by atoms with van der Waals surface area (Å²) < 4.78 is 28.8. The van der Waals surface area contributed by atoms with E-state index in [0.717, 1.165) is 27.4 Å². The van der Waals surface area contributed by atoms with Crippen molar-refractivity contribution in [1.82, 2.24) is 10.2 Å². The summed E-state index contributed by atoms with van der Waals surface area (Å²) >= 11 is 0. The SMILES string of the molecule is CCCNC(=O)C(CC)N(Cc1ccccc1)C(=O)CN(c1ccc(C)c(C)c1)S(=O)(=O)c1ccccc1. The van der Waals surface area contributed by atoms with E-state index in [1.807, 2.05) is 64.1 Å². The molecule has 0 aliphatic carbocycles. The highest BCUT2D eigenvalue weighted by Gasteiger charge is 2.33. The van der Waals surface area contributed by atoms with Gasteiger partial charge in [0.05, 0.1) is 10.6 Å². The van der Waals surface area contributed by atoms with E-state index in [1.54, 1.807) is 30.3 Å². The van der Waals surface area contributed by atoms with Crippen LogP contribution in [0, 0.1) is 13.8 Å². The van der Waals surface area contributed by atoms with Crippen LogP contribution in [0.5, 0.6) is 0 Å². The molecule has 2 amide bonds. The molecule has 3 aromatic carbocycles. The van der Waals surface area contributed by atoms with Gasteiger partial charge in [0.2, 0.25) is 11.8 Å². The summed E-state index contributed by atoms with van der Waals surface area (Å²) in [6.45, 7) is 7.91. The Kier molecular flexibility index (Phi) is 10.1. The van der Waals surface area contributed by atoms with Gasteiger partial charge in [0.15, 0.2) is 0 Å². The van der Waals surface area contributed by atoms with E-state index >= 15 is 0 Å². The molecule has 0 aliphatic heterocycles. The molecule has 0 aromatic heterocycles. The smallest absolute Gasteiger partial charge is 0.264 e. The number of hydrogen-bond donors (Lipinski definition) is 1. The number of benzene rings is 3. The molecule has 0 spiro atoms. The zero-order chi connectivity index (χ0) is 27.7. The molecule has 1 N–H and O–H groups in total. The monoisotopic (exact) mass is 535 g/mol. The highest BCUT2D eigenvalue weighted by Crippen LogP contribution is 2.26. The number of nitrogens with one attached hydrogen (secondary N) is 1. The predicted octanol–water partition coefficient (Wildman–Crippen LogP) is 4.83. The standard InChI is InChI=1S/C30H37N3O4S/c1-5-19-31-30(35)28(6-2)32(21-25-13-9-7-10-14-25)29(34)22-33(26-18-17-23(3)24(4)20-26)38(36,37)27-15-11-8-12-16-27/h7-18,20,28H,5-6,19,21-22H2,1-4H3,(H,31,35). The molecule has 7 nitrogen and oxygen atoms in total. The fourth-order valence-corrected chi connectivity index (χ4v) is 5.62. The van der Waals surface area contributed by atoms with E-state index in [-0.39, 0.29) is 17.3 Å². The molecule has 0 aliphatic rings. The number of hydrogen-bond acceptors (Lipinski definition) is 4. The van der Waals surface area contributed by atoms with Crippen LogP contribution in [0.2, 0.25) is 0 Å². The summed E-state index contributed by atoms with van der Waals surface area (Å²) in [5, 5.41) is 2.89. The summed E-state index contributed by atoms with van der Waals surface area (Å²) in [5.74, 6) is -0.702. The lowest BCUT2D eigenvalue weighted by Crippen LogP contribution is -2.52. The molecule has 8 heteroatoms. The average Bonchev–Trinajstić information content (AvgIpc) is 2.92. The van der Waals surface area contributed by atoms with Crippen molar-refractivity contribution < 1.29 is 18.0 Å². The molecule has 0 radical (unpaired) electrons.